The summed E-state index contributed by atoms with van der Waals surface area (Å²) in [6, 6.07) is 1.86. The van der Waals surface area contributed by atoms with Gasteiger partial charge in [0.1, 0.15) is 10.7 Å². The van der Waals surface area contributed by atoms with Gasteiger partial charge in [-0.15, -0.1) is 5.10 Å². The number of rotatable bonds is 2. The number of ether oxygens (including phenoxy) is 2. The van der Waals surface area contributed by atoms with Crippen LogP contribution in [-0.4, -0.2) is 68.6 Å². The Kier molecular flexibility index (Phi) is 5.58. The SMILES string of the molecule is Cc1c2c(nn1C1CCC(N3C[C@H]4C[C@@H]3CO4)CC1)OCCC(C)Nc1nc(ncc1Cl)N2. The van der Waals surface area contributed by atoms with Gasteiger partial charge in [0.15, 0.2) is 5.82 Å². The normalized spacial score (nSPS) is 31.8. The number of likely N-dealkylation sites (tertiary alicyclic amines) is 1. The number of anilines is 3. The summed E-state index contributed by atoms with van der Waals surface area (Å²) in [5, 5.41) is 12.1. The van der Waals surface area contributed by atoms with Crippen LogP contribution in [0.4, 0.5) is 17.5 Å². The van der Waals surface area contributed by atoms with Crippen molar-refractivity contribution >= 4 is 29.1 Å². The van der Waals surface area contributed by atoms with Crippen LogP contribution >= 0.6 is 11.6 Å². The predicted molar refractivity (Wildman–Crippen MR) is 127 cm³/mol. The van der Waals surface area contributed by atoms with Gasteiger partial charge in [0.2, 0.25) is 5.95 Å². The fourth-order valence-electron chi connectivity index (χ4n) is 5.88. The van der Waals surface area contributed by atoms with E-state index in [4.69, 9.17) is 26.2 Å². The first-order valence-corrected chi connectivity index (χ1v) is 12.6. The van der Waals surface area contributed by atoms with Gasteiger partial charge < -0.3 is 20.1 Å². The first-order valence-electron chi connectivity index (χ1n) is 12.2. The van der Waals surface area contributed by atoms with Gasteiger partial charge in [-0.05, 0) is 46.0 Å². The number of hydrogen-bond donors (Lipinski definition) is 2. The first-order chi connectivity index (χ1) is 16.0. The molecule has 2 N–H and O–H groups in total. The third kappa shape index (κ3) is 4.04. The minimum atomic E-state index is 0.163. The van der Waals surface area contributed by atoms with Gasteiger partial charge in [0, 0.05) is 31.1 Å². The van der Waals surface area contributed by atoms with Crippen LogP contribution in [0.2, 0.25) is 5.02 Å². The number of morpholine rings is 1. The quantitative estimate of drug-likeness (QED) is 0.678. The summed E-state index contributed by atoms with van der Waals surface area (Å²) < 4.78 is 14.1. The van der Waals surface area contributed by atoms with E-state index in [-0.39, 0.29) is 6.04 Å². The second kappa shape index (κ2) is 8.60. The van der Waals surface area contributed by atoms with Crippen molar-refractivity contribution in [3.05, 3.63) is 16.9 Å². The highest BCUT2D eigenvalue weighted by atomic mass is 35.5. The molecule has 3 aliphatic heterocycles. The molecule has 4 aliphatic rings. The van der Waals surface area contributed by atoms with Gasteiger partial charge >= 0.3 is 0 Å². The Hall–Kier alpha value is -2.10. The molecule has 1 saturated carbocycles. The van der Waals surface area contributed by atoms with E-state index in [1.54, 1.807) is 6.20 Å². The van der Waals surface area contributed by atoms with E-state index in [2.05, 4.69) is 44.0 Å². The molecule has 2 aromatic heterocycles. The molecule has 5 heterocycles. The van der Waals surface area contributed by atoms with E-state index >= 15 is 0 Å². The fourth-order valence-corrected chi connectivity index (χ4v) is 6.03. The number of halogens is 1. The molecule has 10 heteroatoms. The summed E-state index contributed by atoms with van der Waals surface area (Å²) in [5.41, 5.74) is 1.90. The molecule has 0 amide bonds. The number of aromatic nitrogens is 4. The third-order valence-electron chi connectivity index (χ3n) is 7.70. The summed E-state index contributed by atoms with van der Waals surface area (Å²) in [7, 11) is 0. The van der Waals surface area contributed by atoms with Gasteiger partial charge in [-0.2, -0.15) is 4.98 Å². The van der Waals surface area contributed by atoms with Crippen LogP contribution in [0.25, 0.3) is 0 Å². The van der Waals surface area contributed by atoms with Crippen molar-refractivity contribution in [2.24, 2.45) is 0 Å². The molecular weight excluding hydrogens is 442 g/mol. The maximum absolute atomic E-state index is 6.30. The van der Waals surface area contributed by atoms with Crippen LogP contribution < -0.4 is 15.4 Å². The Bertz CT molecular complexity index is 1020. The second-order valence-corrected chi connectivity index (χ2v) is 10.3. The lowest BCUT2D eigenvalue weighted by Crippen LogP contribution is -2.45. The standard InChI is InChI=1S/C23H32ClN7O2/c1-13-7-8-32-22-20(27-23-25-10-19(24)21(26-13)28-23)14(2)31(29-22)16-5-3-15(4-6-16)30-11-18-9-17(30)12-33-18/h10,13,15-18H,3-9,11-12H2,1-2H3,(H2,25,26,27,28)/t13?,15?,16?,17-,18-/m1/s1. The van der Waals surface area contributed by atoms with Crippen LogP contribution in [0.15, 0.2) is 6.20 Å². The predicted octanol–water partition coefficient (Wildman–Crippen LogP) is 3.92. The largest absolute Gasteiger partial charge is 0.475 e. The summed E-state index contributed by atoms with van der Waals surface area (Å²) in [5.74, 6) is 1.74. The molecule has 1 aliphatic carbocycles. The van der Waals surface area contributed by atoms with E-state index in [1.807, 2.05) is 0 Å². The van der Waals surface area contributed by atoms with E-state index in [0.717, 1.165) is 43.8 Å². The molecule has 3 atom stereocenters. The van der Waals surface area contributed by atoms with Crippen molar-refractivity contribution in [2.45, 2.75) is 82.6 Å². The average molecular weight is 474 g/mol. The van der Waals surface area contributed by atoms with Crippen molar-refractivity contribution in [3.8, 4) is 5.88 Å². The minimum absolute atomic E-state index is 0.163. The van der Waals surface area contributed by atoms with Crippen LogP contribution in [0, 0.1) is 6.92 Å². The van der Waals surface area contributed by atoms with Crippen LogP contribution in [-0.2, 0) is 4.74 Å². The Balaban J connectivity index is 1.22. The van der Waals surface area contributed by atoms with E-state index < -0.39 is 0 Å². The Labute approximate surface area is 199 Å². The third-order valence-corrected chi connectivity index (χ3v) is 7.97. The van der Waals surface area contributed by atoms with Crippen LogP contribution in [0.3, 0.4) is 0 Å². The van der Waals surface area contributed by atoms with Crippen molar-refractivity contribution in [1.82, 2.24) is 24.6 Å². The molecule has 6 rings (SSSR count). The van der Waals surface area contributed by atoms with Crippen LogP contribution in [0.1, 0.15) is 57.2 Å². The highest BCUT2D eigenvalue weighted by Crippen LogP contribution is 2.40. The summed E-state index contributed by atoms with van der Waals surface area (Å²) in [6.07, 6.45) is 8.80. The Morgan fingerprint density at radius 2 is 1.94 bits per heavy atom. The van der Waals surface area contributed by atoms with Crippen molar-refractivity contribution < 1.29 is 9.47 Å². The average Bonchev–Trinajstić information content (AvgIpc) is 3.52. The van der Waals surface area contributed by atoms with Gasteiger partial charge in [-0.3, -0.25) is 9.58 Å². The molecule has 2 aromatic rings. The van der Waals surface area contributed by atoms with E-state index in [1.165, 1.54) is 19.3 Å². The number of hydrogen-bond acceptors (Lipinski definition) is 8. The topological polar surface area (TPSA) is 89.4 Å². The van der Waals surface area contributed by atoms with Gasteiger partial charge in [0.25, 0.3) is 5.88 Å². The summed E-state index contributed by atoms with van der Waals surface area (Å²) >= 11 is 6.30. The summed E-state index contributed by atoms with van der Waals surface area (Å²) in [4.78, 5) is 11.7. The smallest absolute Gasteiger partial charge is 0.257 e. The molecule has 178 valence electrons. The van der Waals surface area contributed by atoms with Crippen molar-refractivity contribution in [1.29, 1.82) is 0 Å². The maximum atomic E-state index is 6.30. The molecule has 33 heavy (non-hydrogen) atoms. The molecule has 4 bridgehead atoms. The molecule has 0 radical (unpaired) electrons. The summed E-state index contributed by atoms with van der Waals surface area (Å²) in [6.45, 7) is 6.79. The van der Waals surface area contributed by atoms with E-state index in [0.29, 0.717) is 53.5 Å². The number of fused-ring (bicyclic) bond motifs is 5. The highest BCUT2D eigenvalue weighted by molar-refractivity contribution is 6.32. The van der Waals surface area contributed by atoms with Crippen molar-refractivity contribution in [2.75, 3.05) is 30.4 Å². The van der Waals surface area contributed by atoms with Gasteiger partial charge in [0.05, 0.1) is 37.3 Å². The van der Waals surface area contributed by atoms with Gasteiger partial charge in [-0.1, -0.05) is 11.6 Å². The first kappa shape index (κ1) is 21.4. The fraction of sp³-hybridized carbons (Fsp3) is 0.696. The molecule has 2 saturated heterocycles. The molecule has 1 unspecified atom stereocenters. The van der Waals surface area contributed by atoms with Crippen molar-refractivity contribution in [3.63, 3.8) is 0 Å². The zero-order valence-electron chi connectivity index (χ0n) is 19.3. The lowest BCUT2D eigenvalue weighted by Gasteiger charge is -2.39. The van der Waals surface area contributed by atoms with Gasteiger partial charge in [-0.25, -0.2) is 4.98 Å². The molecule has 0 spiro atoms. The zero-order valence-corrected chi connectivity index (χ0v) is 20.0. The zero-order chi connectivity index (χ0) is 22.5. The molecule has 0 aromatic carbocycles. The Morgan fingerprint density at radius 1 is 1.12 bits per heavy atom. The minimum Gasteiger partial charge on any atom is -0.475 e. The Morgan fingerprint density at radius 3 is 2.70 bits per heavy atom. The lowest BCUT2D eigenvalue weighted by molar-refractivity contribution is 0.000596. The second-order valence-electron chi connectivity index (χ2n) is 9.91. The lowest BCUT2D eigenvalue weighted by atomic mass is 9.89. The van der Waals surface area contributed by atoms with E-state index in [9.17, 15) is 0 Å². The maximum Gasteiger partial charge on any atom is 0.257 e. The number of nitrogens with one attached hydrogen (secondary N) is 2. The molecular formula is C23H32ClN7O2. The van der Waals surface area contributed by atoms with Crippen LogP contribution in [0.5, 0.6) is 5.88 Å². The highest BCUT2D eigenvalue weighted by Gasteiger charge is 2.43. The molecule has 3 fully saturated rings. The number of nitrogens with zero attached hydrogens (tertiary/aromatic N) is 5. The molecule has 9 nitrogen and oxygen atoms in total. The monoisotopic (exact) mass is 473 g/mol.